The fraction of sp³-hybridized carbons (Fsp3) is 0.510. The lowest BCUT2D eigenvalue weighted by Crippen LogP contribution is -2.54. The summed E-state index contributed by atoms with van der Waals surface area (Å²) >= 11 is 0. The number of imidazole rings is 1. The van der Waals surface area contributed by atoms with E-state index in [0.717, 1.165) is 79.3 Å². The van der Waals surface area contributed by atoms with Crippen molar-refractivity contribution in [1.82, 2.24) is 35.4 Å². The van der Waals surface area contributed by atoms with Crippen LogP contribution in [-0.4, -0.2) is 112 Å². The summed E-state index contributed by atoms with van der Waals surface area (Å²) < 4.78 is 26.5. The Morgan fingerprint density at radius 1 is 0.809 bits per heavy atom. The topological polar surface area (TPSA) is 201 Å². The van der Waals surface area contributed by atoms with Crippen LogP contribution in [-0.2, 0) is 36.7 Å². The second kappa shape index (κ2) is 18.9. The van der Waals surface area contributed by atoms with E-state index in [1.165, 1.54) is 14.2 Å². The van der Waals surface area contributed by atoms with Crippen LogP contribution in [0.15, 0.2) is 58.8 Å². The molecule has 358 valence electrons. The van der Waals surface area contributed by atoms with Crippen molar-refractivity contribution >= 4 is 47.0 Å². The van der Waals surface area contributed by atoms with Crippen LogP contribution < -0.4 is 10.6 Å². The highest BCUT2D eigenvalue weighted by atomic mass is 19.1. The first-order valence-electron chi connectivity index (χ1n) is 24.0. The number of methoxy groups -OCH3 is 2. The van der Waals surface area contributed by atoms with Gasteiger partial charge < -0.3 is 34.9 Å². The fourth-order valence-electron chi connectivity index (χ4n) is 11.3. The van der Waals surface area contributed by atoms with Gasteiger partial charge in [0.15, 0.2) is 5.84 Å². The number of rotatable bonds is 11. The van der Waals surface area contributed by atoms with Crippen molar-refractivity contribution in [2.24, 2.45) is 33.2 Å². The molecule has 16 nitrogen and oxygen atoms in total. The van der Waals surface area contributed by atoms with E-state index < -0.39 is 42.1 Å². The number of aliphatic imine (C=N–C) groups is 2. The first kappa shape index (κ1) is 46.6. The summed E-state index contributed by atoms with van der Waals surface area (Å²) in [6.07, 6.45) is 16.2. The molecule has 3 aromatic rings. The van der Waals surface area contributed by atoms with Gasteiger partial charge in [0.05, 0.1) is 49.6 Å². The standard InChI is InChI=1S/C51H60FN9O7/c1-27(2)42(57-49(65)67-5)47(63)60-19-9-11-39(60)44-54-26-38(56-44)30-14-15-36(53-25-30)31-22-35(52)41(34-24-51(23-33(31)34)17-7-8-18-51)29-13-16-37-32(21-29)46(62)59-45(55-37)40-12-10-20-61(40)48(64)43(28(3)4)58-50(66)68-6/h13-16,21-22,25-28,32,39-40,42-43H,7-12,17-20,23-24H2,1-6H3,(H,54,56)(H,57,65)(H,58,66)/t32?,39-,40-,42?,43-/m0/s1. The molecule has 1 aromatic carbocycles. The Morgan fingerprint density at radius 2 is 1.44 bits per heavy atom. The van der Waals surface area contributed by atoms with Gasteiger partial charge in [0.25, 0.3) is 5.91 Å². The number of fused-ring (bicyclic) bond motifs is 2. The highest BCUT2D eigenvalue weighted by molar-refractivity contribution is 6.24. The van der Waals surface area contributed by atoms with Crippen molar-refractivity contribution in [3.63, 3.8) is 0 Å². The van der Waals surface area contributed by atoms with Crippen LogP contribution in [0.1, 0.15) is 108 Å². The van der Waals surface area contributed by atoms with Crippen LogP contribution in [0.5, 0.6) is 0 Å². The normalized spacial score (nSPS) is 22.5. The maximum absolute atomic E-state index is 17.0. The lowest BCUT2D eigenvalue weighted by Gasteiger charge is -2.31. The number of allylic oxidation sites excluding steroid dienone is 3. The number of benzene rings is 1. The lowest BCUT2D eigenvalue weighted by atomic mass is 9.82. The largest absolute Gasteiger partial charge is 0.453 e. The number of amidine groups is 1. The molecule has 5 heterocycles. The van der Waals surface area contributed by atoms with Crippen LogP contribution in [0.3, 0.4) is 0 Å². The minimum atomic E-state index is -0.820. The molecule has 6 aliphatic rings. The third-order valence-electron chi connectivity index (χ3n) is 14.8. The molecular weight excluding hydrogens is 870 g/mol. The Labute approximate surface area is 395 Å². The smallest absolute Gasteiger partial charge is 0.407 e. The number of aromatic nitrogens is 3. The van der Waals surface area contributed by atoms with E-state index in [2.05, 4.69) is 20.6 Å². The molecule has 9 rings (SSSR count). The third-order valence-corrected chi connectivity index (χ3v) is 14.8. The van der Waals surface area contributed by atoms with E-state index in [9.17, 15) is 24.0 Å². The summed E-state index contributed by atoms with van der Waals surface area (Å²) in [5, 5.41) is 5.34. The Balaban J connectivity index is 0.958. The predicted octanol–water partition coefficient (Wildman–Crippen LogP) is 7.30. The van der Waals surface area contributed by atoms with Gasteiger partial charge >= 0.3 is 12.2 Å². The maximum Gasteiger partial charge on any atom is 0.407 e. The monoisotopic (exact) mass is 929 g/mol. The van der Waals surface area contributed by atoms with Gasteiger partial charge in [0.1, 0.15) is 29.6 Å². The first-order chi connectivity index (χ1) is 32.7. The molecule has 0 radical (unpaired) electrons. The average Bonchev–Trinajstić information content (AvgIpc) is 4.20. The van der Waals surface area contributed by atoms with Crippen molar-refractivity contribution in [2.45, 2.75) is 116 Å². The molecule has 2 unspecified atom stereocenters. The van der Waals surface area contributed by atoms with Gasteiger partial charge in [0, 0.05) is 36.0 Å². The zero-order valence-corrected chi connectivity index (χ0v) is 39.6. The number of nitrogens with one attached hydrogen (secondary N) is 3. The van der Waals surface area contributed by atoms with E-state index in [0.29, 0.717) is 54.3 Å². The Bertz CT molecular complexity index is 2640. The van der Waals surface area contributed by atoms with Gasteiger partial charge in [-0.15, -0.1) is 0 Å². The number of carbonyl (C=O) groups is 5. The number of H-pyrrole nitrogens is 1. The maximum atomic E-state index is 17.0. The molecular formula is C51H60FN9O7. The summed E-state index contributed by atoms with van der Waals surface area (Å²) in [6.45, 7) is 8.43. The highest BCUT2D eigenvalue weighted by Crippen LogP contribution is 2.53. The van der Waals surface area contributed by atoms with Crippen molar-refractivity contribution in [3.05, 3.63) is 77.2 Å². The minimum absolute atomic E-state index is 0.0307. The molecule has 17 heteroatoms. The van der Waals surface area contributed by atoms with Crippen molar-refractivity contribution < 1.29 is 37.8 Å². The van der Waals surface area contributed by atoms with Gasteiger partial charge in [-0.1, -0.05) is 52.7 Å². The lowest BCUT2D eigenvalue weighted by molar-refractivity contribution is -0.135. The van der Waals surface area contributed by atoms with E-state index in [4.69, 9.17) is 24.4 Å². The first-order valence-corrected chi connectivity index (χ1v) is 24.0. The zero-order chi connectivity index (χ0) is 48.0. The number of halogens is 1. The van der Waals surface area contributed by atoms with Crippen LogP contribution >= 0.6 is 0 Å². The zero-order valence-electron chi connectivity index (χ0n) is 39.6. The third kappa shape index (κ3) is 8.75. The van der Waals surface area contributed by atoms with E-state index in [1.54, 1.807) is 40.4 Å². The number of carbonyl (C=O) groups excluding carboxylic acids is 5. The van der Waals surface area contributed by atoms with Gasteiger partial charge in [-0.3, -0.25) is 19.4 Å². The fourth-order valence-corrected chi connectivity index (χ4v) is 11.3. The van der Waals surface area contributed by atoms with Gasteiger partial charge in [-0.25, -0.2) is 24.0 Å². The number of hydrogen-bond donors (Lipinski definition) is 3. The average molecular weight is 930 g/mol. The summed E-state index contributed by atoms with van der Waals surface area (Å²) in [5.74, 6) is -1.53. The molecule has 1 saturated carbocycles. The second-order valence-electron chi connectivity index (χ2n) is 19.8. The van der Waals surface area contributed by atoms with E-state index >= 15 is 4.39 Å². The summed E-state index contributed by atoms with van der Waals surface area (Å²) in [5.41, 5.74) is 6.60. The van der Waals surface area contributed by atoms with Gasteiger partial charge in [-0.2, -0.15) is 4.99 Å². The van der Waals surface area contributed by atoms with Crippen LogP contribution in [0.2, 0.25) is 0 Å². The Hall–Kier alpha value is -6.52. The summed E-state index contributed by atoms with van der Waals surface area (Å²) in [4.78, 5) is 91.2. The molecule has 0 bridgehead atoms. The minimum Gasteiger partial charge on any atom is -0.453 e. The van der Waals surface area contributed by atoms with Crippen LogP contribution in [0.4, 0.5) is 14.0 Å². The molecule has 1 spiro atoms. The van der Waals surface area contributed by atoms with E-state index in [1.807, 2.05) is 45.9 Å². The highest BCUT2D eigenvalue weighted by Gasteiger charge is 2.45. The van der Waals surface area contributed by atoms with Gasteiger partial charge in [-0.05, 0) is 110 Å². The number of pyridine rings is 1. The van der Waals surface area contributed by atoms with Crippen molar-refractivity contribution in [1.29, 1.82) is 0 Å². The molecule has 2 saturated heterocycles. The number of likely N-dealkylation sites (tertiary alicyclic amines) is 2. The Kier molecular flexibility index (Phi) is 12.9. The molecule has 3 N–H and O–H groups in total. The van der Waals surface area contributed by atoms with Crippen LogP contribution in [0.25, 0.3) is 28.1 Å². The van der Waals surface area contributed by atoms with Crippen LogP contribution in [0, 0.1) is 29.0 Å². The number of alkyl carbamates (subject to hydrolysis) is 2. The molecule has 68 heavy (non-hydrogen) atoms. The Morgan fingerprint density at radius 3 is 2.06 bits per heavy atom. The number of hydrogen-bond acceptors (Lipinski definition) is 10. The molecule has 5 amide bonds. The molecule has 3 aliphatic carbocycles. The number of aromatic amines is 1. The molecule has 3 fully saturated rings. The van der Waals surface area contributed by atoms with Crippen molar-refractivity contribution in [2.75, 3.05) is 27.3 Å². The number of amides is 5. The number of nitrogens with zero attached hydrogens (tertiary/aromatic N) is 6. The van der Waals surface area contributed by atoms with Crippen molar-refractivity contribution in [3.8, 4) is 22.5 Å². The summed E-state index contributed by atoms with van der Waals surface area (Å²) in [6, 6.07) is 3.08. The van der Waals surface area contributed by atoms with Gasteiger partial charge in [0.2, 0.25) is 11.8 Å². The quantitative estimate of drug-likeness (QED) is 0.177. The summed E-state index contributed by atoms with van der Waals surface area (Å²) in [7, 11) is 2.52. The number of ether oxygens (including phenoxy) is 2. The SMILES string of the molecule is COC(=O)NC(C(=O)N1CCC[C@H]1c1ncc(-c2ccc(-c3cc(F)c(C4=CC5C(=O)N=C([C@@H]6CCCN6C(=O)[C@@H](NC(=O)OC)C(C)C)N=C5C=C4)c4c3CC3(CCCC3)C4)nc2)[nH]1)C(C)C. The second-order valence-corrected chi connectivity index (χ2v) is 19.8. The molecule has 5 atom stereocenters. The molecule has 3 aliphatic heterocycles. The predicted molar refractivity (Wildman–Crippen MR) is 253 cm³/mol. The molecule has 2 aromatic heterocycles. The van der Waals surface area contributed by atoms with E-state index in [-0.39, 0.29) is 46.8 Å².